The summed E-state index contributed by atoms with van der Waals surface area (Å²) in [6.45, 7) is 28.9. The van der Waals surface area contributed by atoms with E-state index in [1.165, 1.54) is 0 Å². The summed E-state index contributed by atoms with van der Waals surface area (Å²) in [6.07, 6.45) is 3.77. The van der Waals surface area contributed by atoms with Gasteiger partial charge in [-0.25, -0.2) is 19.2 Å². The molecule has 0 spiro atoms. The molecule has 44 heavy (non-hydrogen) atoms. The first-order chi connectivity index (χ1) is 20.2. The lowest BCUT2D eigenvalue weighted by atomic mass is 9.81. The average Bonchev–Trinajstić information content (AvgIpc) is 2.87. The lowest BCUT2D eigenvalue weighted by Gasteiger charge is -2.25. The average molecular weight is 625 g/mol. The van der Waals surface area contributed by atoms with Gasteiger partial charge in [0.2, 0.25) is 0 Å². The third kappa shape index (κ3) is 20.3. The molecule has 0 atom stereocenters. The van der Waals surface area contributed by atoms with Crippen molar-refractivity contribution < 1.29 is 38.1 Å². The second-order valence-corrected chi connectivity index (χ2v) is 14.1. The van der Waals surface area contributed by atoms with E-state index in [2.05, 4.69) is 27.7 Å². The van der Waals surface area contributed by atoms with Gasteiger partial charge in [0.15, 0.2) is 0 Å². The Kier molecular flexibility index (Phi) is 21.7. The van der Waals surface area contributed by atoms with Crippen LogP contribution in [-0.2, 0) is 38.1 Å². The van der Waals surface area contributed by atoms with E-state index >= 15 is 0 Å². The molecule has 0 aliphatic rings. The van der Waals surface area contributed by atoms with Crippen LogP contribution >= 0.6 is 0 Å². The Morgan fingerprint density at radius 2 is 0.682 bits per heavy atom. The first kappa shape index (κ1) is 43.5. The molecule has 0 amide bonds. The Balaban J connectivity index is 0. The van der Waals surface area contributed by atoms with Crippen molar-refractivity contribution in [2.75, 3.05) is 26.4 Å². The standard InChI is InChI=1S/2C18H32O4/c1-9-21-15(19)13(11-17(3,4)5)14(12-18(6,7)8)16(20)22-10-2;1-7-21-17(19)15(11-9-13(3)4)16(12-10-14(5)6)18(20)22-8-2/h9-12H2,1-8H3;13-14H,7-12H2,1-6H3/b14-13-;16-15-. The van der Waals surface area contributed by atoms with Crippen LogP contribution in [0.15, 0.2) is 22.3 Å². The van der Waals surface area contributed by atoms with Crippen LogP contribution in [-0.4, -0.2) is 50.3 Å². The summed E-state index contributed by atoms with van der Waals surface area (Å²) in [7, 11) is 0. The maximum Gasteiger partial charge on any atom is 0.334 e. The highest BCUT2D eigenvalue weighted by Crippen LogP contribution is 2.33. The van der Waals surface area contributed by atoms with E-state index in [0.29, 0.717) is 73.0 Å². The Hall–Kier alpha value is -2.64. The molecule has 0 fully saturated rings. The number of carbonyl (C=O) groups is 4. The topological polar surface area (TPSA) is 105 Å². The molecule has 0 heterocycles. The fourth-order valence-electron chi connectivity index (χ4n) is 4.16. The van der Waals surface area contributed by atoms with Crippen molar-refractivity contribution in [2.24, 2.45) is 22.7 Å². The van der Waals surface area contributed by atoms with Gasteiger partial charge >= 0.3 is 23.9 Å². The molecule has 0 radical (unpaired) electrons. The van der Waals surface area contributed by atoms with Crippen LogP contribution in [0.1, 0.15) is 135 Å². The van der Waals surface area contributed by atoms with Gasteiger partial charge in [-0.1, -0.05) is 69.2 Å². The van der Waals surface area contributed by atoms with Gasteiger partial charge < -0.3 is 18.9 Å². The van der Waals surface area contributed by atoms with Crippen molar-refractivity contribution in [3.63, 3.8) is 0 Å². The van der Waals surface area contributed by atoms with Gasteiger partial charge in [0, 0.05) is 22.3 Å². The summed E-state index contributed by atoms with van der Waals surface area (Å²) in [6, 6.07) is 0. The Morgan fingerprint density at radius 1 is 0.455 bits per heavy atom. The van der Waals surface area contributed by atoms with Crippen molar-refractivity contribution in [1.82, 2.24) is 0 Å². The molecule has 256 valence electrons. The van der Waals surface area contributed by atoms with E-state index < -0.39 is 11.9 Å². The maximum absolute atomic E-state index is 12.4. The number of carbonyl (C=O) groups excluding carboxylic acids is 4. The monoisotopic (exact) mass is 624 g/mol. The van der Waals surface area contributed by atoms with E-state index in [4.69, 9.17) is 18.9 Å². The van der Waals surface area contributed by atoms with Crippen LogP contribution in [0.5, 0.6) is 0 Å². The summed E-state index contributed by atoms with van der Waals surface area (Å²) in [5.41, 5.74) is 1.63. The van der Waals surface area contributed by atoms with Gasteiger partial charge in [0.1, 0.15) is 0 Å². The SMILES string of the molecule is CCOC(=O)/C(CC(C)(C)C)=C(/CC(C)(C)C)C(=O)OCC.CCOC(=O)/C(CCC(C)C)=C(/CCC(C)C)C(=O)OCC. The smallest absolute Gasteiger partial charge is 0.334 e. The quantitative estimate of drug-likeness (QED) is 0.0955. The second-order valence-electron chi connectivity index (χ2n) is 14.1. The molecular formula is C36H64O8. The van der Waals surface area contributed by atoms with E-state index in [0.717, 1.165) is 12.8 Å². The van der Waals surface area contributed by atoms with Crippen LogP contribution in [0.4, 0.5) is 0 Å². The van der Waals surface area contributed by atoms with Gasteiger partial charge in [-0.3, -0.25) is 0 Å². The zero-order valence-corrected chi connectivity index (χ0v) is 30.5. The Bertz CT molecular complexity index is 880. The van der Waals surface area contributed by atoms with Crippen LogP contribution in [0.3, 0.4) is 0 Å². The van der Waals surface area contributed by atoms with E-state index in [1.54, 1.807) is 27.7 Å². The summed E-state index contributed by atoms with van der Waals surface area (Å²) in [5.74, 6) is -0.671. The van der Waals surface area contributed by atoms with Crippen LogP contribution in [0, 0.1) is 22.7 Å². The molecule has 0 aromatic rings. The van der Waals surface area contributed by atoms with Crippen molar-refractivity contribution >= 4 is 23.9 Å². The lowest BCUT2D eigenvalue weighted by molar-refractivity contribution is -0.142. The first-order valence-corrected chi connectivity index (χ1v) is 16.4. The van der Waals surface area contributed by atoms with Crippen LogP contribution in [0.25, 0.3) is 0 Å². The molecule has 8 heteroatoms. The molecule has 0 aliphatic carbocycles. The summed E-state index contributed by atoms with van der Waals surface area (Å²) < 4.78 is 20.6. The number of hydrogen-bond acceptors (Lipinski definition) is 8. The predicted octanol–water partition coefficient (Wildman–Crippen LogP) is 8.56. The highest BCUT2D eigenvalue weighted by atomic mass is 16.5. The van der Waals surface area contributed by atoms with E-state index in [1.807, 2.05) is 41.5 Å². The normalized spacial score (nSPS) is 12.9. The molecule has 0 aromatic carbocycles. The second kappa shape index (κ2) is 22.0. The molecule has 0 rings (SSSR count). The lowest BCUT2D eigenvalue weighted by Crippen LogP contribution is -2.23. The molecule has 0 aromatic heterocycles. The zero-order chi connectivity index (χ0) is 34.7. The number of esters is 4. The minimum absolute atomic E-state index is 0.127. The predicted molar refractivity (Wildman–Crippen MR) is 177 cm³/mol. The van der Waals surface area contributed by atoms with Crippen LogP contribution < -0.4 is 0 Å². The maximum atomic E-state index is 12.4. The van der Waals surface area contributed by atoms with Gasteiger partial charge in [0.05, 0.1) is 26.4 Å². The Morgan fingerprint density at radius 3 is 0.864 bits per heavy atom. The Labute approximate surface area is 268 Å². The first-order valence-electron chi connectivity index (χ1n) is 16.4. The zero-order valence-electron chi connectivity index (χ0n) is 30.5. The highest BCUT2D eigenvalue weighted by Gasteiger charge is 2.30. The number of ether oxygens (including phenoxy) is 4. The molecule has 8 nitrogen and oxygen atoms in total. The highest BCUT2D eigenvalue weighted by molar-refractivity contribution is 6.01. The minimum atomic E-state index is -0.412. The molecule has 0 N–H and O–H groups in total. The summed E-state index contributed by atoms with van der Waals surface area (Å²) >= 11 is 0. The van der Waals surface area contributed by atoms with Crippen molar-refractivity contribution in [1.29, 1.82) is 0 Å². The van der Waals surface area contributed by atoms with Crippen LogP contribution in [0.2, 0.25) is 0 Å². The largest absolute Gasteiger partial charge is 0.463 e. The number of rotatable bonds is 16. The van der Waals surface area contributed by atoms with Gasteiger partial charge in [0.25, 0.3) is 0 Å². The minimum Gasteiger partial charge on any atom is -0.463 e. The molecule has 0 aliphatic heterocycles. The molecular weight excluding hydrogens is 560 g/mol. The van der Waals surface area contributed by atoms with Gasteiger partial charge in [-0.2, -0.15) is 0 Å². The van der Waals surface area contributed by atoms with Crippen molar-refractivity contribution in [3.8, 4) is 0 Å². The fourth-order valence-corrected chi connectivity index (χ4v) is 4.16. The van der Waals surface area contributed by atoms with Gasteiger partial charge in [-0.05, 0) is 88.9 Å². The molecule has 0 bridgehead atoms. The summed E-state index contributed by atoms with van der Waals surface area (Å²) in [4.78, 5) is 49.3. The fraction of sp³-hybridized carbons (Fsp3) is 0.778. The molecule has 0 saturated carbocycles. The van der Waals surface area contributed by atoms with E-state index in [-0.39, 0.29) is 36.0 Å². The third-order valence-electron chi connectivity index (χ3n) is 6.17. The van der Waals surface area contributed by atoms with E-state index in [9.17, 15) is 19.2 Å². The van der Waals surface area contributed by atoms with Crippen molar-refractivity contribution in [3.05, 3.63) is 22.3 Å². The molecule has 0 saturated heterocycles. The third-order valence-corrected chi connectivity index (χ3v) is 6.17. The van der Waals surface area contributed by atoms with Crippen molar-refractivity contribution in [2.45, 2.75) is 135 Å². The molecule has 0 unspecified atom stereocenters. The van der Waals surface area contributed by atoms with Gasteiger partial charge in [-0.15, -0.1) is 0 Å². The number of hydrogen-bond donors (Lipinski definition) is 0. The summed E-state index contributed by atoms with van der Waals surface area (Å²) in [5, 5.41) is 0.